The van der Waals surface area contributed by atoms with Crippen LogP contribution in [0.4, 0.5) is 10.1 Å². The van der Waals surface area contributed by atoms with E-state index in [1.807, 2.05) is 0 Å². The van der Waals surface area contributed by atoms with Gasteiger partial charge in [-0.15, -0.1) is 0 Å². The molecule has 0 aromatic heterocycles. The molecule has 1 aromatic carbocycles. The highest BCUT2D eigenvalue weighted by molar-refractivity contribution is 5.46. The maximum absolute atomic E-state index is 12.7. The Hall–Kier alpha value is -1.09. The molecule has 0 saturated heterocycles. The monoisotopic (exact) mass is 194 g/mol. The molecule has 1 aromatic rings. The molecule has 1 aliphatic rings. The fourth-order valence-electron chi connectivity index (χ4n) is 1.59. The summed E-state index contributed by atoms with van der Waals surface area (Å²) < 4.78 is 12.7. The molecule has 0 unspecified atom stereocenters. The number of nitrogen functional groups attached to an aromatic ring is 1. The molecule has 1 fully saturated rings. The Morgan fingerprint density at radius 2 is 2.21 bits per heavy atom. The van der Waals surface area contributed by atoms with Gasteiger partial charge in [-0.3, -0.25) is 0 Å². The van der Waals surface area contributed by atoms with Crippen molar-refractivity contribution in [2.24, 2.45) is 0 Å². The average molecular weight is 194 g/mol. The smallest absolute Gasteiger partial charge is 0.125 e. The van der Waals surface area contributed by atoms with Gasteiger partial charge in [-0.25, -0.2) is 4.39 Å². The van der Waals surface area contributed by atoms with Gasteiger partial charge in [0, 0.05) is 18.3 Å². The Bertz CT molecular complexity index is 321. The predicted molar refractivity (Wildman–Crippen MR) is 55.3 cm³/mol. The number of anilines is 1. The van der Waals surface area contributed by atoms with E-state index in [1.54, 1.807) is 6.07 Å². The van der Waals surface area contributed by atoms with Gasteiger partial charge >= 0.3 is 0 Å². The van der Waals surface area contributed by atoms with Gasteiger partial charge in [0.2, 0.25) is 0 Å². The van der Waals surface area contributed by atoms with Crippen LogP contribution in [0.25, 0.3) is 0 Å². The van der Waals surface area contributed by atoms with E-state index in [0.29, 0.717) is 11.7 Å². The Morgan fingerprint density at radius 3 is 2.79 bits per heavy atom. The highest BCUT2D eigenvalue weighted by Crippen LogP contribution is 2.20. The lowest BCUT2D eigenvalue weighted by molar-refractivity contribution is 0.338. The second-order valence-corrected chi connectivity index (χ2v) is 3.85. The molecule has 3 N–H and O–H groups in total. The molecule has 2 rings (SSSR count). The van der Waals surface area contributed by atoms with Crippen molar-refractivity contribution in [3.8, 4) is 0 Å². The van der Waals surface area contributed by atoms with Gasteiger partial charge < -0.3 is 11.1 Å². The summed E-state index contributed by atoms with van der Waals surface area (Å²) in [6, 6.07) is 5.21. The summed E-state index contributed by atoms with van der Waals surface area (Å²) in [5.41, 5.74) is 7.21. The molecule has 3 heteroatoms. The van der Waals surface area contributed by atoms with Crippen molar-refractivity contribution in [2.75, 3.05) is 5.73 Å². The first-order chi connectivity index (χ1) is 6.75. The molecular weight excluding hydrogens is 179 g/mol. The van der Waals surface area contributed by atoms with Crippen molar-refractivity contribution in [2.45, 2.75) is 31.8 Å². The molecule has 2 nitrogen and oxygen atoms in total. The fraction of sp³-hybridized carbons (Fsp3) is 0.455. The van der Waals surface area contributed by atoms with Crippen molar-refractivity contribution in [3.05, 3.63) is 29.6 Å². The topological polar surface area (TPSA) is 38.0 Å². The van der Waals surface area contributed by atoms with Crippen molar-refractivity contribution in [1.82, 2.24) is 5.32 Å². The van der Waals surface area contributed by atoms with Gasteiger partial charge in [-0.1, -0.05) is 12.5 Å². The second-order valence-electron chi connectivity index (χ2n) is 3.85. The van der Waals surface area contributed by atoms with Crippen LogP contribution in [-0.2, 0) is 6.54 Å². The molecule has 1 aliphatic carbocycles. The Morgan fingerprint density at radius 1 is 1.43 bits per heavy atom. The first-order valence-electron chi connectivity index (χ1n) is 5.03. The molecule has 1 saturated carbocycles. The Balaban J connectivity index is 1.94. The highest BCUT2D eigenvalue weighted by atomic mass is 19.1. The third-order valence-corrected chi connectivity index (χ3v) is 2.79. The maximum atomic E-state index is 12.7. The average Bonchev–Trinajstić information content (AvgIpc) is 2.05. The van der Waals surface area contributed by atoms with E-state index >= 15 is 0 Å². The summed E-state index contributed by atoms with van der Waals surface area (Å²) in [6.45, 7) is 0.747. The zero-order chi connectivity index (χ0) is 9.97. The minimum Gasteiger partial charge on any atom is -0.398 e. The van der Waals surface area contributed by atoms with Crippen molar-refractivity contribution >= 4 is 5.69 Å². The molecule has 0 bridgehead atoms. The van der Waals surface area contributed by atoms with Gasteiger partial charge in [-0.05, 0) is 30.5 Å². The Kier molecular flexibility index (Phi) is 2.68. The maximum Gasteiger partial charge on any atom is 0.125 e. The van der Waals surface area contributed by atoms with Crippen LogP contribution in [0.15, 0.2) is 18.2 Å². The first kappa shape index (κ1) is 9.46. The fourth-order valence-corrected chi connectivity index (χ4v) is 1.59. The minimum absolute atomic E-state index is 0.269. The zero-order valence-corrected chi connectivity index (χ0v) is 8.09. The van der Waals surface area contributed by atoms with E-state index in [1.165, 1.54) is 31.4 Å². The molecule has 0 radical (unpaired) electrons. The summed E-state index contributed by atoms with van der Waals surface area (Å²) in [6.07, 6.45) is 3.82. The number of benzene rings is 1. The van der Waals surface area contributed by atoms with Gasteiger partial charge in [0.1, 0.15) is 5.82 Å². The van der Waals surface area contributed by atoms with Crippen LogP contribution in [-0.4, -0.2) is 6.04 Å². The van der Waals surface area contributed by atoms with Crippen LogP contribution in [0.5, 0.6) is 0 Å². The van der Waals surface area contributed by atoms with E-state index < -0.39 is 0 Å². The number of hydrogen-bond donors (Lipinski definition) is 2. The molecule has 0 amide bonds. The summed E-state index contributed by atoms with van der Waals surface area (Å²) in [5, 5.41) is 3.39. The number of hydrogen-bond acceptors (Lipinski definition) is 2. The van der Waals surface area contributed by atoms with Crippen molar-refractivity contribution in [3.63, 3.8) is 0 Å². The molecular formula is C11H15FN2. The van der Waals surface area contributed by atoms with Gasteiger partial charge in [0.15, 0.2) is 0 Å². The van der Waals surface area contributed by atoms with E-state index in [-0.39, 0.29) is 5.82 Å². The standard InChI is InChI=1S/C11H15FN2/c12-9-5-4-8(11(13)6-9)7-14-10-2-1-3-10/h4-6,10,14H,1-3,7,13H2. The predicted octanol–water partition coefficient (Wildman–Crippen LogP) is 2.05. The van der Waals surface area contributed by atoms with Crippen molar-refractivity contribution in [1.29, 1.82) is 0 Å². The number of nitrogens with two attached hydrogens (primary N) is 1. The van der Waals surface area contributed by atoms with E-state index in [4.69, 9.17) is 5.73 Å². The normalized spacial score (nSPS) is 16.6. The summed E-state index contributed by atoms with van der Waals surface area (Å²) in [7, 11) is 0. The number of halogens is 1. The zero-order valence-electron chi connectivity index (χ0n) is 8.09. The second kappa shape index (κ2) is 3.96. The molecule has 0 heterocycles. The lowest BCUT2D eigenvalue weighted by Crippen LogP contribution is -2.34. The Labute approximate surface area is 83.3 Å². The summed E-state index contributed by atoms with van der Waals surface area (Å²) in [5.74, 6) is -0.269. The number of rotatable bonds is 3. The molecule has 14 heavy (non-hydrogen) atoms. The van der Waals surface area contributed by atoms with Gasteiger partial charge in [0.05, 0.1) is 0 Å². The summed E-state index contributed by atoms with van der Waals surface area (Å²) >= 11 is 0. The molecule has 0 aliphatic heterocycles. The van der Waals surface area contributed by atoms with Crippen LogP contribution >= 0.6 is 0 Å². The van der Waals surface area contributed by atoms with Crippen LogP contribution in [0.1, 0.15) is 24.8 Å². The van der Waals surface area contributed by atoms with Crippen LogP contribution in [0, 0.1) is 5.82 Å². The van der Waals surface area contributed by atoms with Crippen LogP contribution in [0.3, 0.4) is 0 Å². The SMILES string of the molecule is Nc1cc(F)ccc1CNC1CCC1. The molecule has 0 atom stereocenters. The third kappa shape index (κ3) is 2.04. The van der Waals surface area contributed by atoms with E-state index in [9.17, 15) is 4.39 Å². The van der Waals surface area contributed by atoms with Gasteiger partial charge in [-0.2, -0.15) is 0 Å². The van der Waals surface area contributed by atoms with Crippen molar-refractivity contribution < 1.29 is 4.39 Å². The summed E-state index contributed by atoms with van der Waals surface area (Å²) in [4.78, 5) is 0. The van der Waals surface area contributed by atoms with Crippen LogP contribution < -0.4 is 11.1 Å². The van der Waals surface area contributed by atoms with Gasteiger partial charge in [0.25, 0.3) is 0 Å². The minimum atomic E-state index is -0.269. The number of nitrogens with one attached hydrogen (secondary N) is 1. The third-order valence-electron chi connectivity index (χ3n) is 2.79. The van der Waals surface area contributed by atoms with E-state index in [0.717, 1.165) is 12.1 Å². The molecule has 0 spiro atoms. The van der Waals surface area contributed by atoms with Crippen LogP contribution in [0.2, 0.25) is 0 Å². The quantitative estimate of drug-likeness (QED) is 0.723. The first-order valence-corrected chi connectivity index (χ1v) is 5.03. The highest BCUT2D eigenvalue weighted by Gasteiger charge is 2.16. The van der Waals surface area contributed by atoms with E-state index in [2.05, 4.69) is 5.32 Å². The largest absolute Gasteiger partial charge is 0.398 e. The lowest BCUT2D eigenvalue weighted by atomic mass is 9.93. The molecule has 76 valence electrons. The lowest BCUT2D eigenvalue weighted by Gasteiger charge is -2.26.